The van der Waals surface area contributed by atoms with Gasteiger partial charge in [0.25, 0.3) is 0 Å². The first kappa shape index (κ1) is 23.2. The molecule has 0 radical (unpaired) electrons. The number of halogens is 5. The smallest absolute Gasteiger partial charge is 0.372 e. The topological polar surface area (TPSA) is 106 Å². The first-order valence-electron chi connectivity index (χ1n) is 10.6. The van der Waals surface area contributed by atoms with E-state index in [1.165, 1.54) is 4.90 Å². The molecule has 4 heterocycles. The number of amides is 4. The maximum absolute atomic E-state index is 15.5. The third-order valence-corrected chi connectivity index (χ3v) is 6.60. The average molecular weight is 499 g/mol. The molecule has 2 saturated heterocycles. The number of ether oxygens (including phenoxy) is 1. The third kappa shape index (κ3) is 3.30. The number of benzene rings is 1. The number of imide groups is 2. The number of barbiturate groups is 1. The van der Waals surface area contributed by atoms with Gasteiger partial charge in [-0.3, -0.25) is 20.2 Å². The number of alkyl halides is 3. The van der Waals surface area contributed by atoms with Crippen molar-refractivity contribution in [2.24, 2.45) is 5.41 Å². The van der Waals surface area contributed by atoms with Crippen LogP contribution in [0.1, 0.15) is 25.1 Å². The summed E-state index contributed by atoms with van der Waals surface area (Å²) >= 11 is 0. The van der Waals surface area contributed by atoms with Crippen molar-refractivity contribution in [1.82, 2.24) is 20.2 Å². The van der Waals surface area contributed by atoms with E-state index < -0.39 is 77.1 Å². The summed E-state index contributed by atoms with van der Waals surface area (Å²) in [6, 6.07) is -1.04. The lowest BCUT2D eigenvalue weighted by Gasteiger charge is -2.55. The lowest BCUT2D eigenvalue weighted by molar-refractivity contribution is -0.153. The van der Waals surface area contributed by atoms with Crippen molar-refractivity contribution in [3.05, 3.63) is 41.5 Å². The van der Waals surface area contributed by atoms with Crippen LogP contribution in [0.2, 0.25) is 0 Å². The number of carbonyl (C=O) groups is 3. The summed E-state index contributed by atoms with van der Waals surface area (Å²) in [5, 5.41) is 4.12. The Labute approximate surface area is 194 Å². The molecule has 2 N–H and O–H groups in total. The Kier molecular flexibility index (Phi) is 4.95. The monoisotopic (exact) mass is 499 g/mol. The van der Waals surface area contributed by atoms with Crippen LogP contribution in [0.3, 0.4) is 0 Å². The van der Waals surface area contributed by atoms with Crippen molar-refractivity contribution in [1.29, 1.82) is 0 Å². The highest BCUT2D eigenvalue weighted by atomic mass is 19.4. The maximum Gasteiger partial charge on any atom is 0.434 e. The Morgan fingerprint density at radius 2 is 1.77 bits per heavy atom. The summed E-state index contributed by atoms with van der Waals surface area (Å²) in [6.07, 6.45) is -5.37. The van der Waals surface area contributed by atoms with E-state index in [2.05, 4.69) is 15.6 Å². The molecule has 0 bridgehead atoms. The molecular weight excluding hydrogens is 481 g/mol. The normalized spacial score (nSPS) is 25.7. The second-order valence-electron chi connectivity index (χ2n) is 8.83. The largest absolute Gasteiger partial charge is 0.434 e. The van der Waals surface area contributed by atoms with Gasteiger partial charge in [0.2, 0.25) is 11.8 Å². The van der Waals surface area contributed by atoms with Crippen molar-refractivity contribution in [2.45, 2.75) is 44.7 Å². The summed E-state index contributed by atoms with van der Waals surface area (Å²) in [5.41, 5.74) is -4.07. The van der Waals surface area contributed by atoms with Gasteiger partial charge in [-0.1, -0.05) is 0 Å². The predicted octanol–water partition coefficient (Wildman–Crippen LogP) is 2.06. The summed E-state index contributed by atoms with van der Waals surface area (Å²) in [5.74, 6) is -4.66. The summed E-state index contributed by atoms with van der Waals surface area (Å²) in [4.78, 5) is 42.6. The second-order valence-corrected chi connectivity index (χ2v) is 8.83. The van der Waals surface area contributed by atoms with Crippen molar-refractivity contribution in [2.75, 3.05) is 11.4 Å². The molecule has 3 atom stereocenters. The van der Waals surface area contributed by atoms with E-state index in [4.69, 9.17) is 4.74 Å². The number of fused-ring (bicyclic) bond motifs is 4. The molecule has 3 aliphatic heterocycles. The highest BCUT2D eigenvalue weighted by Crippen LogP contribution is 2.48. The highest BCUT2D eigenvalue weighted by Gasteiger charge is 2.63. The van der Waals surface area contributed by atoms with E-state index in [1.807, 2.05) is 0 Å². The first-order valence-corrected chi connectivity index (χ1v) is 10.6. The second kappa shape index (κ2) is 7.47. The van der Waals surface area contributed by atoms with Gasteiger partial charge in [0.15, 0.2) is 22.7 Å². The molecular formula is C21H18F5N5O4. The summed E-state index contributed by atoms with van der Waals surface area (Å²) in [7, 11) is 0. The Balaban J connectivity index is 1.72. The molecule has 1 aromatic carbocycles. The molecule has 0 saturated carbocycles. The average Bonchev–Trinajstić information content (AvgIpc) is 3.24. The molecule has 0 aliphatic carbocycles. The van der Waals surface area contributed by atoms with Gasteiger partial charge in [-0.15, -0.1) is 0 Å². The molecule has 4 amide bonds. The molecule has 5 rings (SSSR count). The zero-order chi connectivity index (χ0) is 25.4. The fourth-order valence-corrected chi connectivity index (χ4v) is 5.31. The number of nitrogens with zero attached hydrogens (tertiary/aromatic N) is 3. The van der Waals surface area contributed by atoms with E-state index in [0.29, 0.717) is 17.1 Å². The van der Waals surface area contributed by atoms with Gasteiger partial charge in [0, 0.05) is 19.2 Å². The van der Waals surface area contributed by atoms with Gasteiger partial charge in [0.1, 0.15) is 0 Å². The molecule has 35 heavy (non-hydrogen) atoms. The third-order valence-electron chi connectivity index (χ3n) is 6.60. The van der Waals surface area contributed by atoms with Gasteiger partial charge in [0.05, 0.1) is 36.0 Å². The maximum atomic E-state index is 15.5. The van der Waals surface area contributed by atoms with E-state index in [9.17, 15) is 27.6 Å². The van der Waals surface area contributed by atoms with Crippen molar-refractivity contribution >= 4 is 23.5 Å². The van der Waals surface area contributed by atoms with Crippen LogP contribution >= 0.6 is 0 Å². The zero-order valence-electron chi connectivity index (χ0n) is 18.2. The Morgan fingerprint density at radius 3 is 2.37 bits per heavy atom. The van der Waals surface area contributed by atoms with Crippen LogP contribution < -0.4 is 15.5 Å². The molecule has 186 valence electrons. The van der Waals surface area contributed by atoms with Crippen molar-refractivity contribution < 1.29 is 41.1 Å². The molecule has 14 heteroatoms. The minimum Gasteiger partial charge on any atom is -0.372 e. The number of urea groups is 1. The van der Waals surface area contributed by atoms with Crippen molar-refractivity contribution in [3.8, 4) is 5.69 Å². The van der Waals surface area contributed by atoms with Crippen LogP contribution in [0, 0.1) is 17.0 Å². The van der Waals surface area contributed by atoms with Crippen LogP contribution in [0.15, 0.2) is 18.6 Å². The number of hydrogen-bond donors (Lipinski definition) is 2. The number of imidazole rings is 1. The fourth-order valence-electron chi connectivity index (χ4n) is 5.31. The van der Waals surface area contributed by atoms with Gasteiger partial charge < -0.3 is 14.2 Å². The van der Waals surface area contributed by atoms with Crippen LogP contribution in [0.4, 0.5) is 32.4 Å². The molecule has 2 aromatic rings. The highest BCUT2D eigenvalue weighted by molar-refractivity contribution is 6.20. The van der Waals surface area contributed by atoms with E-state index in [0.717, 1.165) is 6.07 Å². The molecule has 1 aromatic heterocycles. The standard InChI is InChI=1S/C21H18F5N5O4/c1-8-5-31-15-10(3-11(13(22)14(15)23)30-6-12(27-7-30)21(24,25)26)4-20(16(31)9(2)35-8)17(32)28-19(34)29-18(20)33/h3,6-9,16H,4-5H2,1-2H3,(H2,28,29,32,33,34)/t8-,9+,16?/m1/s1. The lowest BCUT2D eigenvalue weighted by Crippen LogP contribution is -2.75. The molecule has 2 fully saturated rings. The van der Waals surface area contributed by atoms with E-state index in [-0.39, 0.29) is 17.8 Å². The Bertz CT molecular complexity index is 1260. The SMILES string of the molecule is C[C@@H]1CN2c3c(cc(-n4cnc(C(F)(F)F)c4)c(F)c3F)CC3(C(=O)NC(=O)NC3=O)C2[C@H](C)O1. The number of aromatic nitrogens is 2. The number of rotatable bonds is 1. The molecule has 3 aliphatic rings. The van der Waals surface area contributed by atoms with Gasteiger partial charge >= 0.3 is 12.2 Å². The first-order chi connectivity index (χ1) is 16.3. The van der Waals surface area contributed by atoms with Crippen LogP contribution in [0.25, 0.3) is 5.69 Å². The van der Waals surface area contributed by atoms with Gasteiger partial charge in [-0.05, 0) is 25.5 Å². The van der Waals surface area contributed by atoms with Gasteiger partial charge in [-0.25, -0.2) is 18.6 Å². The predicted molar refractivity (Wildman–Crippen MR) is 107 cm³/mol. The summed E-state index contributed by atoms with van der Waals surface area (Å²) in [6.45, 7) is 3.23. The number of nitrogens with one attached hydrogen (secondary N) is 2. The zero-order valence-corrected chi connectivity index (χ0v) is 18.2. The minimum absolute atomic E-state index is 0.00152. The number of carbonyl (C=O) groups excluding carboxylic acids is 3. The number of anilines is 1. The fraction of sp³-hybridized carbons (Fsp3) is 0.429. The van der Waals surface area contributed by atoms with Crippen LogP contribution in [-0.4, -0.2) is 52.2 Å². The van der Waals surface area contributed by atoms with Crippen molar-refractivity contribution in [3.63, 3.8) is 0 Å². The van der Waals surface area contributed by atoms with Crippen LogP contribution in [0.5, 0.6) is 0 Å². The Hall–Kier alpha value is -3.55. The molecule has 1 unspecified atom stereocenters. The molecule has 9 nitrogen and oxygen atoms in total. The number of morpholine rings is 1. The lowest BCUT2D eigenvalue weighted by atomic mass is 9.66. The summed E-state index contributed by atoms with van der Waals surface area (Å²) < 4.78 is 76.2. The quantitative estimate of drug-likeness (QED) is 0.460. The van der Waals surface area contributed by atoms with Gasteiger partial charge in [-0.2, -0.15) is 13.2 Å². The Morgan fingerprint density at radius 1 is 1.11 bits per heavy atom. The van der Waals surface area contributed by atoms with E-state index in [1.54, 1.807) is 13.8 Å². The molecule has 1 spiro atoms. The number of hydrogen-bond acceptors (Lipinski definition) is 6. The minimum atomic E-state index is -4.81. The van der Waals surface area contributed by atoms with Crippen LogP contribution in [-0.2, 0) is 26.9 Å². The van der Waals surface area contributed by atoms with E-state index >= 15 is 8.78 Å².